The smallest absolute Gasteiger partial charge is 0.0628 e. The van der Waals surface area contributed by atoms with Crippen molar-refractivity contribution in [3.63, 3.8) is 0 Å². The van der Waals surface area contributed by atoms with E-state index >= 15 is 0 Å². The molecule has 568 valence electrons. The SMILES string of the molecule is C.c1ccc(-n2ccc3ccc4c(c5ccccc5n4-c4cc5ccccc5c5ccccc45)c32)cc1.c1ccc(-n2ccc3ccc4c(c5ccccc5n4-c4ccc(-c5cc6ccccc6c6ccccc56)cc4)c32)cc1.c1ccc(-n2ccc3ccc4c(c5ccccc5n4-c4cccc(-c5ccc6c(ccc7ccccc76)c5)c4)c32)cc1. The molecule has 0 bridgehead atoms. The summed E-state index contributed by atoms with van der Waals surface area (Å²) in [5.74, 6) is 0. The minimum atomic E-state index is 0. The lowest BCUT2D eigenvalue weighted by molar-refractivity contribution is 1.13. The second-order valence-corrected chi connectivity index (χ2v) is 31.5. The third-order valence-corrected chi connectivity index (χ3v) is 24.9. The number of aromatic nitrogens is 6. The molecule has 0 radical (unpaired) electrons. The number of hydrogen-bond acceptors (Lipinski definition) is 0. The molecule has 121 heavy (non-hydrogen) atoms. The number of benzene rings is 20. The number of fused-ring (bicyclic) bond motifs is 24. The zero-order valence-corrected chi connectivity index (χ0v) is 65.4. The van der Waals surface area contributed by atoms with Gasteiger partial charge in [0.25, 0.3) is 0 Å². The predicted octanol–water partition coefficient (Wildman–Crippen LogP) is 31.1. The second kappa shape index (κ2) is 28.7. The second-order valence-electron chi connectivity index (χ2n) is 31.5. The van der Waals surface area contributed by atoms with Gasteiger partial charge in [0, 0.05) is 101 Å². The van der Waals surface area contributed by atoms with E-state index in [9.17, 15) is 0 Å². The van der Waals surface area contributed by atoms with Crippen molar-refractivity contribution in [2.75, 3.05) is 0 Å². The summed E-state index contributed by atoms with van der Waals surface area (Å²) >= 11 is 0. The summed E-state index contributed by atoms with van der Waals surface area (Å²) in [4.78, 5) is 0. The van der Waals surface area contributed by atoms with E-state index in [0.717, 1.165) is 11.4 Å². The van der Waals surface area contributed by atoms with Crippen molar-refractivity contribution in [3.05, 3.63) is 449 Å². The van der Waals surface area contributed by atoms with Crippen molar-refractivity contribution >= 4 is 163 Å². The van der Waals surface area contributed by atoms with Crippen LogP contribution in [-0.2, 0) is 0 Å². The number of nitrogens with zero attached hydrogens (tertiary/aromatic N) is 6. The molecule has 6 heterocycles. The molecule has 0 spiro atoms. The van der Waals surface area contributed by atoms with Crippen LogP contribution in [0.1, 0.15) is 7.43 Å². The van der Waals surface area contributed by atoms with Gasteiger partial charge in [-0.15, -0.1) is 0 Å². The van der Waals surface area contributed by atoms with Gasteiger partial charge in [-0.1, -0.05) is 305 Å². The van der Waals surface area contributed by atoms with Gasteiger partial charge in [-0.3, -0.25) is 0 Å². The van der Waals surface area contributed by atoms with Crippen LogP contribution in [0.5, 0.6) is 0 Å². The number of para-hydroxylation sites is 6. The van der Waals surface area contributed by atoms with E-state index in [-0.39, 0.29) is 7.43 Å². The highest BCUT2D eigenvalue weighted by atomic mass is 15.0. The van der Waals surface area contributed by atoms with E-state index in [4.69, 9.17) is 0 Å². The first-order valence-electron chi connectivity index (χ1n) is 41.3. The normalized spacial score (nSPS) is 11.7. The van der Waals surface area contributed by atoms with Crippen LogP contribution in [0, 0.1) is 0 Å². The number of hydrogen-bond donors (Lipinski definition) is 0. The Morgan fingerprint density at radius 1 is 0.157 bits per heavy atom. The summed E-state index contributed by atoms with van der Waals surface area (Å²) in [5, 5.41) is 26.7. The zero-order chi connectivity index (χ0) is 78.9. The molecule has 0 aliphatic rings. The van der Waals surface area contributed by atoms with Gasteiger partial charge < -0.3 is 27.4 Å². The minimum Gasteiger partial charge on any atom is -0.316 e. The Hall–Kier alpha value is -16.0. The van der Waals surface area contributed by atoms with Crippen LogP contribution >= 0.6 is 0 Å². The Morgan fingerprint density at radius 2 is 0.496 bits per heavy atom. The lowest BCUT2D eigenvalue weighted by atomic mass is 9.93. The molecule has 6 nitrogen and oxygen atoms in total. The summed E-state index contributed by atoms with van der Waals surface area (Å²) in [6.45, 7) is 0. The average molecular weight is 1540 g/mol. The average Bonchev–Trinajstić information content (AvgIpc) is 1.58. The van der Waals surface area contributed by atoms with E-state index in [1.165, 1.54) is 208 Å². The highest BCUT2D eigenvalue weighted by Crippen LogP contribution is 2.46. The summed E-state index contributed by atoms with van der Waals surface area (Å²) < 4.78 is 14.3. The third-order valence-electron chi connectivity index (χ3n) is 24.9. The topological polar surface area (TPSA) is 29.6 Å². The Morgan fingerprint density at radius 3 is 1.01 bits per heavy atom. The van der Waals surface area contributed by atoms with Crippen LogP contribution in [0.15, 0.2) is 449 Å². The first-order valence-corrected chi connectivity index (χ1v) is 41.3. The summed E-state index contributed by atoms with van der Waals surface area (Å²) in [6.07, 6.45) is 6.57. The fourth-order valence-electron chi connectivity index (χ4n) is 19.6. The van der Waals surface area contributed by atoms with Crippen LogP contribution in [0.2, 0.25) is 0 Å². The lowest BCUT2D eigenvalue weighted by Gasteiger charge is -2.14. The monoisotopic (exact) mass is 1540 g/mol. The summed E-state index contributed by atoms with van der Waals surface area (Å²) in [6, 6.07) is 156. The molecule has 26 aromatic rings. The third kappa shape index (κ3) is 11.4. The van der Waals surface area contributed by atoms with Crippen LogP contribution in [-0.4, -0.2) is 27.4 Å². The van der Waals surface area contributed by atoms with Crippen molar-refractivity contribution in [2.45, 2.75) is 7.43 Å². The van der Waals surface area contributed by atoms with Gasteiger partial charge in [0.1, 0.15) is 0 Å². The van der Waals surface area contributed by atoms with E-state index in [1.807, 2.05) is 0 Å². The van der Waals surface area contributed by atoms with Gasteiger partial charge in [0.05, 0.1) is 55.3 Å². The van der Waals surface area contributed by atoms with Gasteiger partial charge in [-0.2, -0.15) is 0 Å². The number of rotatable bonds is 8. The highest BCUT2D eigenvalue weighted by Gasteiger charge is 2.24. The molecule has 0 saturated heterocycles. The molecular formula is C115H78N6. The van der Waals surface area contributed by atoms with E-state index in [2.05, 4.69) is 477 Å². The first kappa shape index (κ1) is 70.4. The van der Waals surface area contributed by atoms with Gasteiger partial charge in [-0.25, -0.2) is 0 Å². The van der Waals surface area contributed by atoms with E-state index in [0.29, 0.717) is 0 Å². The maximum atomic E-state index is 2.46. The molecule has 0 N–H and O–H groups in total. The van der Waals surface area contributed by atoms with Crippen LogP contribution in [0.4, 0.5) is 0 Å². The molecule has 0 atom stereocenters. The Bertz CT molecular complexity index is 8590. The highest BCUT2D eigenvalue weighted by molar-refractivity contribution is 6.25. The Balaban J connectivity index is 0.000000106. The summed E-state index contributed by atoms with van der Waals surface area (Å²) in [7, 11) is 0. The van der Waals surface area contributed by atoms with Crippen LogP contribution < -0.4 is 0 Å². The molecule has 0 aliphatic heterocycles. The van der Waals surface area contributed by atoms with E-state index < -0.39 is 0 Å². The van der Waals surface area contributed by atoms with E-state index in [1.54, 1.807) is 0 Å². The van der Waals surface area contributed by atoms with Gasteiger partial charge in [0.15, 0.2) is 0 Å². The molecule has 0 fully saturated rings. The van der Waals surface area contributed by atoms with Crippen molar-refractivity contribution in [1.82, 2.24) is 27.4 Å². The van der Waals surface area contributed by atoms with Crippen molar-refractivity contribution < 1.29 is 0 Å². The van der Waals surface area contributed by atoms with Gasteiger partial charge in [0.2, 0.25) is 0 Å². The molecule has 20 aromatic carbocycles. The first-order chi connectivity index (χ1) is 59.6. The maximum Gasteiger partial charge on any atom is 0.0628 e. The molecule has 6 aromatic heterocycles. The maximum absolute atomic E-state index is 2.46. The van der Waals surface area contributed by atoms with Crippen molar-refractivity contribution in [2.24, 2.45) is 0 Å². The molecule has 0 amide bonds. The van der Waals surface area contributed by atoms with Crippen molar-refractivity contribution in [3.8, 4) is 56.4 Å². The molecule has 0 aliphatic carbocycles. The summed E-state index contributed by atoms with van der Waals surface area (Å²) in [5.41, 5.74) is 23.0. The standard InChI is InChI=1S/2C40H26N2.C34H22N2.CH4/c1-2-11-30(12-3-1)41-25-24-28-20-23-38-39(40(28)41)35-16-8-9-17-37(35)42(38)31-21-18-27(19-22-31)36-26-29-10-4-5-13-32(29)33-14-6-7-15-34(33)36;1-2-11-32(12-3-1)41-24-23-28-20-22-38-39(40(28)41)36-15-6-7-16-37(36)42(38)33-13-8-10-29(26-33)30-19-21-35-31(25-30)18-17-27-9-4-5-14-34(27)35;1-2-11-25(12-3-1)35-21-20-23-18-19-31-33(34(23)35)29-16-8-9-17-30(29)36(31)32-22-24-10-4-5-13-26(24)27-14-6-7-15-28(27)32;/h2*1-26H;1-22H;1H4. The minimum absolute atomic E-state index is 0. The quantitative estimate of drug-likeness (QED) is 0.136. The fraction of sp³-hybridized carbons (Fsp3) is 0.00870. The van der Waals surface area contributed by atoms with Crippen LogP contribution in [0.3, 0.4) is 0 Å². The molecule has 0 saturated carbocycles. The molecule has 6 heteroatoms. The zero-order valence-electron chi connectivity index (χ0n) is 65.4. The van der Waals surface area contributed by atoms with Crippen LogP contribution in [0.25, 0.3) is 219 Å². The molecule has 0 unspecified atom stereocenters. The largest absolute Gasteiger partial charge is 0.316 e. The molecular weight excluding hydrogens is 1470 g/mol. The Labute approximate surface area is 698 Å². The van der Waals surface area contributed by atoms with Gasteiger partial charge in [-0.05, 0) is 215 Å². The van der Waals surface area contributed by atoms with Gasteiger partial charge >= 0.3 is 0 Å². The fourth-order valence-corrected chi connectivity index (χ4v) is 19.6. The lowest BCUT2D eigenvalue weighted by Crippen LogP contribution is -1.96. The molecule has 26 rings (SSSR count). The van der Waals surface area contributed by atoms with Crippen molar-refractivity contribution in [1.29, 1.82) is 0 Å². The predicted molar refractivity (Wildman–Crippen MR) is 515 cm³/mol. The Kier molecular flexibility index (Phi) is 16.7.